The maximum Gasteiger partial charge on any atom is 0.411 e. The molecule has 0 unspecified atom stereocenters. The van der Waals surface area contributed by atoms with Gasteiger partial charge in [-0.1, -0.05) is 0 Å². The molecule has 0 aliphatic carbocycles. The first-order valence-corrected chi connectivity index (χ1v) is 3.83. The first kappa shape index (κ1) is 11.6. The van der Waals surface area contributed by atoms with E-state index in [0.29, 0.717) is 0 Å². The number of carbonyl (C=O) groups excluding carboxylic acids is 1. The van der Waals surface area contributed by atoms with E-state index in [0.717, 1.165) is 6.07 Å². The zero-order valence-electron chi connectivity index (χ0n) is 7.34. The maximum atomic E-state index is 11.6. The summed E-state index contributed by atoms with van der Waals surface area (Å²) < 4.78 is 43.7. The van der Waals surface area contributed by atoms with Gasteiger partial charge in [0.25, 0.3) is 0 Å². The number of carbonyl (C=O) groups is 1. The fourth-order valence-electron chi connectivity index (χ4n) is 0.833. The highest BCUT2D eigenvalue weighted by Gasteiger charge is 2.27. The van der Waals surface area contributed by atoms with Gasteiger partial charge in [0.05, 0.1) is 0 Å². The Morgan fingerprint density at radius 3 is 2.60 bits per heavy atom. The van der Waals surface area contributed by atoms with Crippen LogP contribution in [-0.4, -0.2) is 18.8 Å². The first-order chi connectivity index (χ1) is 6.88. The second kappa shape index (κ2) is 4.35. The predicted octanol–water partition coefficient (Wildman–Crippen LogP) is 0.722. The number of hydrogen-bond acceptors (Lipinski definition) is 4. The molecule has 1 heterocycles. The van der Waals surface area contributed by atoms with Crippen molar-refractivity contribution in [3.05, 3.63) is 23.7 Å². The number of aromatic carboxylic acids is 1. The topological polar surface area (TPSA) is 62.5 Å². The monoisotopic (exact) mass is 223 g/mol. The number of alkyl halides is 3. The minimum absolute atomic E-state index is 0.00144. The van der Waals surface area contributed by atoms with Crippen LogP contribution in [0, 0.1) is 0 Å². The Morgan fingerprint density at radius 1 is 1.47 bits per heavy atom. The van der Waals surface area contributed by atoms with Gasteiger partial charge in [-0.3, -0.25) is 0 Å². The second-order valence-electron chi connectivity index (χ2n) is 2.66. The number of carboxylic acids is 1. The van der Waals surface area contributed by atoms with Gasteiger partial charge in [0.15, 0.2) is 0 Å². The molecule has 4 nitrogen and oxygen atoms in total. The zero-order chi connectivity index (χ0) is 11.5. The molecule has 15 heavy (non-hydrogen) atoms. The molecule has 0 N–H and O–H groups in total. The highest BCUT2D eigenvalue weighted by Crippen LogP contribution is 2.16. The Bertz CT molecular complexity index is 342. The Labute approximate surface area is 82.3 Å². The van der Waals surface area contributed by atoms with E-state index < -0.39 is 31.1 Å². The van der Waals surface area contributed by atoms with E-state index in [1.807, 2.05) is 0 Å². The Morgan fingerprint density at radius 2 is 2.13 bits per heavy atom. The smallest absolute Gasteiger partial charge is 0.411 e. The lowest BCUT2D eigenvalue weighted by Gasteiger charge is -2.05. The van der Waals surface area contributed by atoms with Gasteiger partial charge in [0, 0.05) is 0 Å². The number of furan rings is 1. The van der Waals surface area contributed by atoms with Gasteiger partial charge in [0.2, 0.25) is 0 Å². The average Bonchev–Trinajstić information content (AvgIpc) is 2.50. The fourth-order valence-corrected chi connectivity index (χ4v) is 0.833. The van der Waals surface area contributed by atoms with Crippen LogP contribution in [-0.2, 0) is 11.3 Å². The van der Waals surface area contributed by atoms with Gasteiger partial charge in [-0.05, 0) is 12.1 Å². The summed E-state index contributed by atoms with van der Waals surface area (Å²) in [6.07, 6.45) is -4.41. The largest absolute Gasteiger partial charge is 0.542 e. The van der Waals surface area contributed by atoms with Crippen LogP contribution >= 0.6 is 0 Å². The Kier molecular flexibility index (Phi) is 3.35. The third-order valence-electron chi connectivity index (χ3n) is 1.37. The number of carboxylic acid groups (broad SMARTS) is 1. The third kappa shape index (κ3) is 4.03. The van der Waals surface area contributed by atoms with Crippen LogP contribution in [0.25, 0.3) is 0 Å². The molecule has 84 valence electrons. The molecular formula is C8H6F3O4-. The SMILES string of the molecule is O=C([O-])c1ccc(COCC(F)(F)F)o1. The van der Waals surface area contributed by atoms with E-state index in [1.165, 1.54) is 6.07 Å². The van der Waals surface area contributed by atoms with Crippen molar-refractivity contribution in [1.29, 1.82) is 0 Å². The molecule has 0 aliphatic rings. The molecule has 0 atom stereocenters. The molecule has 0 fully saturated rings. The van der Waals surface area contributed by atoms with Crippen molar-refractivity contribution in [2.75, 3.05) is 6.61 Å². The lowest BCUT2D eigenvalue weighted by atomic mass is 10.4. The molecule has 0 saturated heterocycles. The van der Waals surface area contributed by atoms with E-state index >= 15 is 0 Å². The summed E-state index contributed by atoms with van der Waals surface area (Å²) in [5.74, 6) is -1.98. The van der Waals surface area contributed by atoms with Crippen LogP contribution in [0.3, 0.4) is 0 Å². The van der Waals surface area contributed by atoms with Gasteiger partial charge in [-0.15, -0.1) is 0 Å². The van der Waals surface area contributed by atoms with Gasteiger partial charge in [0.1, 0.15) is 30.7 Å². The molecule has 0 amide bonds. The van der Waals surface area contributed by atoms with E-state index in [-0.39, 0.29) is 5.76 Å². The van der Waals surface area contributed by atoms with Crippen molar-refractivity contribution in [2.45, 2.75) is 12.8 Å². The predicted molar refractivity (Wildman–Crippen MR) is 38.7 cm³/mol. The standard InChI is InChI=1S/C8H7F3O4/c9-8(10,11)4-14-3-5-1-2-6(15-5)7(12)13/h1-2H,3-4H2,(H,12,13)/p-1. The molecule has 1 aromatic heterocycles. The van der Waals surface area contributed by atoms with Crippen LogP contribution in [0.5, 0.6) is 0 Å². The molecule has 1 aromatic rings. The van der Waals surface area contributed by atoms with Gasteiger partial charge in [-0.2, -0.15) is 13.2 Å². The number of ether oxygens (including phenoxy) is 1. The molecule has 0 aromatic carbocycles. The van der Waals surface area contributed by atoms with Gasteiger partial charge >= 0.3 is 6.18 Å². The summed E-state index contributed by atoms with van der Waals surface area (Å²) in [5, 5.41) is 10.2. The highest BCUT2D eigenvalue weighted by molar-refractivity contribution is 5.82. The number of hydrogen-bond donors (Lipinski definition) is 0. The Balaban J connectivity index is 2.41. The first-order valence-electron chi connectivity index (χ1n) is 3.83. The van der Waals surface area contributed by atoms with Crippen molar-refractivity contribution in [2.24, 2.45) is 0 Å². The molecule has 1 rings (SSSR count). The van der Waals surface area contributed by atoms with Crippen LogP contribution < -0.4 is 5.11 Å². The molecule has 0 saturated carbocycles. The molecule has 0 aliphatic heterocycles. The van der Waals surface area contributed by atoms with Crippen molar-refractivity contribution in [1.82, 2.24) is 0 Å². The maximum absolute atomic E-state index is 11.6. The summed E-state index contributed by atoms with van der Waals surface area (Å²) in [6.45, 7) is -1.85. The van der Waals surface area contributed by atoms with E-state index in [2.05, 4.69) is 9.15 Å². The van der Waals surface area contributed by atoms with Crippen LogP contribution in [0.15, 0.2) is 16.5 Å². The summed E-state index contributed by atoms with van der Waals surface area (Å²) in [4.78, 5) is 10.2. The molecule has 0 radical (unpaired) electrons. The second-order valence-corrected chi connectivity index (χ2v) is 2.66. The zero-order valence-corrected chi connectivity index (χ0v) is 7.34. The fraction of sp³-hybridized carbons (Fsp3) is 0.375. The molecule has 0 spiro atoms. The lowest BCUT2D eigenvalue weighted by molar-refractivity contribution is -0.257. The van der Waals surface area contributed by atoms with Crippen molar-refractivity contribution < 1.29 is 32.2 Å². The van der Waals surface area contributed by atoms with Crippen LogP contribution in [0.1, 0.15) is 16.3 Å². The van der Waals surface area contributed by atoms with Crippen molar-refractivity contribution in [3.63, 3.8) is 0 Å². The normalized spacial score (nSPS) is 11.7. The molecule has 7 heteroatoms. The number of halogens is 3. The minimum Gasteiger partial charge on any atom is -0.542 e. The summed E-state index contributed by atoms with van der Waals surface area (Å²) >= 11 is 0. The lowest BCUT2D eigenvalue weighted by Crippen LogP contribution is -2.21. The minimum atomic E-state index is -4.41. The van der Waals surface area contributed by atoms with E-state index in [1.54, 1.807) is 0 Å². The Hall–Kier alpha value is -1.50. The van der Waals surface area contributed by atoms with E-state index in [4.69, 9.17) is 0 Å². The summed E-state index contributed by atoms with van der Waals surface area (Å²) in [7, 11) is 0. The van der Waals surface area contributed by atoms with Gasteiger partial charge in [-0.25, -0.2) is 0 Å². The molecule has 0 bridgehead atoms. The molecular weight excluding hydrogens is 217 g/mol. The highest BCUT2D eigenvalue weighted by atomic mass is 19.4. The summed E-state index contributed by atoms with van der Waals surface area (Å²) in [5.41, 5.74) is 0. The summed E-state index contributed by atoms with van der Waals surface area (Å²) in [6, 6.07) is 2.29. The quantitative estimate of drug-likeness (QED) is 0.754. The average molecular weight is 223 g/mol. The van der Waals surface area contributed by atoms with E-state index in [9.17, 15) is 23.1 Å². The van der Waals surface area contributed by atoms with Crippen molar-refractivity contribution in [3.8, 4) is 0 Å². The van der Waals surface area contributed by atoms with Crippen LogP contribution in [0.4, 0.5) is 13.2 Å². The van der Waals surface area contributed by atoms with Crippen molar-refractivity contribution >= 4 is 5.97 Å². The van der Waals surface area contributed by atoms with Crippen LogP contribution in [0.2, 0.25) is 0 Å². The third-order valence-corrected chi connectivity index (χ3v) is 1.37. The van der Waals surface area contributed by atoms with Gasteiger partial charge < -0.3 is 19.1 Å². The number of rotatable bonds is 4.